The number of hydrogen-bond acceptors (Lipinski definition) is 8. The van der Waals surface area contributed by atoms with Crippen LogP contribution in [-0.4, -0.2) is 50.4 Å². The third-order valence-corrected chi connectivity index (χ3v) is 4.44. The lowest BCUT2D eigenvalue weighted by Gasteiger charge is -2.28. The molecule has 9 nitrogen and oxygen atoms in total. The van der Waals surface area contributed by atoms with E-state index >= 15 is 0 Å². The Hall–Kier alpha value is -2.25. The molecule has 4 rings (SSSR count). The average Bonchev–Trinajstić information content (AvgIpc) is 3.18. The molecule has 4 heterocycles. The fourth-order valence-electron chi connectivity index (χ4n) is 3.48. The Morgan fingerprint density at radius 2 is 2.17 bits per heavy atom. The predicted octanol–water partition coefficient (Wildman–Crippen LogP) is -0.0584. The summed E-state index contributed by atoms with van der Waals surface area (Å²) in [6.45, 7) is 3.24. The molecule has 2 aliphatic heterocycles. The van der Waals surface area contributed by atoms with Crippen molar-refractivity contribution in [3.05, 3.63) is 24.2 Å². The van der Waals surface area contributed by atoms with E-state index in [9.17, 15) is 10.4 Å². The van der Waals surface area contributed by atoms with Gasteiger partial charge in [0, 0.05) is 0 Å². The summed E-state index contributed by atoms with van der Waals surface area (Å²) in [4.78, 5) is 3.94. The van der Waals surface area contributed by atoms with E-state index in [2.05, 4.69) is 16.2 Å². The first-order valence-electron chi connectivity index (χ1n) is 7.56. The minimum Gasteiger partial charge on any atom is -0.394 e. The van der Waals surface area contributed by atoms with Crippen LogP contribution in [0.5, 0.6) is 0 Å². The standard InChI is InChI=1S/C15H17N5O4/c1-14(2)23-11-9(5-21)22-15(6-16,12(11)24-14)10-4-3-8-13(17)18-7-19-20(8)10/h3-4,7,9,11-12,21H,5H2,1-2H3,(H2,17,18,19)/t9-,11+,12?,15+/m1/s1. The van der Waals surface area contributed by atoms with Crippen molar-refractivity contribution in [2.24, 2.45) is 0 Å². The first-order valence-corrected chi connectivity index (χ1v) is 7.56. The molecule has 4 atom stereocenters. The van der Waals surface area contributed by atoms with Crippen LogP contribution in [0.3, 0.4) is 0 Å². The second-order valence-corrected chi connectivity index (χ2v) is 6.37. The Kier molecular flexibility index (Phi) is 3.10. The first kappa shape index (κ1) is 15.3. The highest BCUT2D eigenvalue weighted by atomic mass is 16.8. The molecule has 3 N–H and O–H groups in total. The van der Waals surface area contributed by atoms with Crippen molar-refractivity contribution in [3.8, 4) is 6.07 Å². The number of rotatable bonds is 2. The number of nitriles is 1. The first-order chi connectivity index (χ1) is 11.4. The van der Waals surface area contributed by atoms with Crippen molar-refractivity contribution in [2.75, 3.05) is 12.3 Å². The number of anilines is 1. The summed E-state index contributed by atoms with van der Waals surface area (Å²) in [7, 11) is 0. The van der Waals surface area contributed by atoms with Gasteiger partial charge < -0.3 is 25.1 Å². The number of fused-ring (bicyclic) bond motifs is 2. The van der Waals surface area contributed by atoms with Gasteiger partial charge in [0.05, 0.1) is 12.3 Å². The Balaban J connectivity index is 1.90. The van der Waals surface area contributed by atoms with Crippen LogP contribution in [-0.2, 0) is 19.8 Å². The van der Waals surface area contributed by atoms with Gasteiger partial charge in [-0.3, -0.25) is 0 Å². The quantitative estimate of drug-likeness (QED) is 0.783. The molecule has 0 aliphatic carbocycles. The number of aliphatic hydroxyl groups is 1. The van der Waals surface area contributed by atoms with E-state index in [4.69, 9.17) is 19.9 Å². The highest BCUT2D eigenvalue weighted by Gasteiger charge is 2.65. The number of nitrogens with zero attached hydrogens (tertiary/aromatic N) is 4. The minimum atomic E-state index is -1.47. The van der Waals surface area contributed by atoms with Gasteiger partial charge in [0.15, 0.2) is 11.6 Å². The van der Waals surface area contributed by atoms with Crippen molar-refractivity contribution < 1.29 is 19.3 Å². The van der Waals surface area contributed by atoms with Gasteiger partial charge in [0.1, 0.15) is 36.2 Å². The number of nitrogen functional groups attached to an aromatic ring is 1. The summed E-state index contributed by atoms with van der Waals surface area (Å²) < 4.78 is 19.2. The van der Waals surface area contributed by atoms with Crippen molar-refractivity contribution in [1.29, 1.82) is 5.26 Å². The fraction of sp³-hybridized carbons (Fsp3) is 0.533. The molecule has 9 heteroatoms. The maximum Gasteiger partial charge on any atom is 0.226 e. The molecule has 2 fully saturated rings. The second kappa shape index (κ2) is 4.87. The van der Waals surface area contributed by atoms with Crippen LogP contribution in [0.25, 0.3) is 5.52 Å². The molecule has 0 aromatic carbocycles. The van der Waals surface area contributed by atoms with Gasteiger partial charge >= 0.3 is 0 Å². The summed E-state index contributed by atoms with van der Waals surface area (Å²) in [5.41, 5.74) is 5.41. The van der Waals surface area contributed by atoms with Crippen LogP contribution < -0.4 is 5.73 Å². The maximum atomic E-state index is 9.97. The van der Waals surface area contributed by atoms with Crippen molar-refractivity contribution in [3.63, 3.8) is 0 Å². The van der Waals surface area contributed by atoms with Crippen LogP contribution in [0.2, 0.25) is 0 Å². The smallest absolute Gasteiger partial charge is 0.226 e. The summed E-state index contributed by atoms with van der Waals surface area (Å²) in [5.74, 6) is -0.586. The second-order valence-electron chi connectivity index (χ2n) is 6.37. The minimum absolute atomic E-state index is 0.287. The van der Waals surface area contributed by atoms with Crippen molar-refractivity contribution in [1.82, 2.24) is 14.6 Å². The maximum absolute atomic E-state index is 9.97. The summed E-state index contributed by atoms with van der Waals surface area (Å²) in [5, 5.41) is 23.8. The lowest BCUT2D eigenvalue weighted by molar-refractivity contribution is -0.204. The Morgan fingerprint density at radius 3 is 2.88 bits per heavy atom. The van der Waals surface area contributed by atoms with E-state index in [1.54, 1.807) is 26.0 Å². The van der Waals surface area contributed by atoms with Gasteiger partial charge in [0.2, 0.25) is 5.60 Å². The normalized spacial score (nSPS) is 34.3. The molecule has 24 heavy (non-hydrogen) atoms. The van der Waals surface area contributed by atoms with Gasteiger partial charge in [-0.1, -0.05) is 0 Å². The zero-order valence-electron chi connectivity index (χ0n) is 13.2. The van der Waals surface area contributed by atoms with Gasteiger partial charge in [-0.05, 0) is 26.0 Å². The molecule has 126 valence electrons. The van der Waals surface area contributed by atoms with E-state index in [1.807, 2.05) is 0 Å². The average molecular weight is 331 g/mol. The Morgan fingerprint density at radius 1 is 1.38 bits per heavy atom. The van der Waals surface area contributed by atoms with Crippen molar-refractivity contribution >= 4 is 11.3 Å². The lowest BCUT2D eigenvalue weighted by atomic mass is 9.92. The molecule has 0 spiro atoms. The van der Waals surface area contributed by atoms with Crippen molar-refractivity contribution in [2.45, 2.75) is 43.5 Å². The van der Waals surface area contributed by atoms with Crippen LogP contribution in [0.1, 0.15) is 19.5 Å². The third kappa shape index (κ3) is 1.88. The van der Waals surface area contributed by atoms with Crippen LogP contribution >= 0.6 is 0 Å². The van der Waals surface area contributed by atoms with E-state index in [1.165, 1.54) is 10.8 Å². The molecule has 2 aliphatic rings. The monoisotopic (exact) mass is 331 g/mol. The van der Waals surface area contributed by atoms with E-state index in [0.717, 1.165) is 0 Å². The van der Waals surface area contributed by atoms with Gasteiger partial charge in [-0.2, -0.15) is 10.4 Å². The lowest BCUT2D eigenvalue weighted by Crippen LogP contribution is -2.40. The van der Waals surface area contributed by atoms with Gasteiger partial charge in [-0.15, -0.1) is 0 Å². The molecule has 0 saturated carbocycles. The highest BCUT2D eigenvalue weighted by molar-refractivity contribution is 5.66. The molecule has 0 amide bonds. The molecule has 2 aromatic heterocycles. The predicted molar refractivity (Wildman–Crippen MR) is 80.5 cm³/mol. The van der Waals surface area contributed by atoms with Crippen LogP contribution in [0.4, 0.5) is 5.82 Å². The third-order valence-electron chi connectivity index (χ3n) is 4.44. The van der Waals surface area contributed by atoms with E-state index in [0.29, 0.717) is 17.0 Å². The molecule has 1 unspecified atom stereocenters. The van der Waals surface area contributed by atoms with Gasteiger partial charge in [-0.25, -0.2) is 9.50 Å². The molecule has 2 aromatic rings. The highest BCUT2D eigenvalue weighted by Crippen LogP contribution is 2.49. The number of nitrogens with two attached hydrogens (primary N) is 1. The zero-order chi connectivity index (χ0) is 17.1. The van der Waals surface area contributed by atoms with Gasteiger partial charge in [0.25, 0.3) is 0 Å². The number of aliphatic hydroxyl groups excluding tert-OH is 1. The Bertz CT molecular complexity index is 844. The molecule has 2 saturated heterocycles. The summed E-state index contributed by atoms with van der Waals surface area (Å²) >= 11 is 0. The largest absolute Gasteiger partial charge is 0.394 e. The molecule has 0 radical (unpaired) electrons. The number of ether oxygens (including phenoxy) is 3. The van der Waals surface area contributed by atoms with Crippen LogP contribution in [0, 0.1) is 11.3 Å². The van der Waals surface area contributed by atoms with E-state index in [-0.39, 0.29) is 6.61 Å². The summed E-state index contributed by atoms with van der Waals surface area (Å²) in [6.07, 6.45) is -0.637. The number of hydrogen-bond donors (Lipinski definition) is 2. The Labute approximate surface area is 137 Å². The zero-order valence-corrected chi connectivity index (χ0v) is 13.2. The number of aromatic nitrogens is 3. The molecule has 0 bridgehead atoms. The fourth-order valence-corrected chi connectivity index (χ4v) is 3.48. The summed E-state index contributed by atoms with van der Waals surface area (Å²) in [6, 6.07) is 5.63. The molecular formula is C15H17N5O4. The molecular weight excluding hydrogens is 314 g/mol. The van der Waals surface area contributed by atoms with Crippen LogP contribution in [0.15, 0.2) is 18.5 Å². The SMILES string of the molecule is CC1(C)OC2[C@@H](O1)[C@@H](CO)O[C@@]2(C#N)c1ccc2c(N)ncnn12. The van der Waals surface area contributed by atoms with E-state index < -0.39 is 29.7 Å². The topological polar surface area (TPSA) is 128 Å².